The number of carbonyl (C=O) groups excluding carboxylic acids is 1. The van der Waals surface area contributed by atoms with Crippen molar-refractivity contribution in [1.29, 1.82) is 0 Å². The van der Waals surface area contributed by atoms with Gasteiger partial charge in [0.1, 0.15) is 5.82 Å². The Morgan fingerprint density at radius 3 is 3.00 bits per heavy atom. The molecule has 1 aromatic carbocycles. The van der Waals surface area contributed by atoms with Gasteiger partial charge >= 0.3 is 6.03 Å². The van der Waals surface area contributed by atoms with Gasteiger partial charge in [0.15, 0.2) is 0 Å². The molecule has 1 aromatic rings. The lowest BCUT2D eigenvalue weighted by molar-refractivity contribution is 0.170. The summed E-state index contributed by atoms with van der Waals surface area (Å²) < 4.78 is 13.0. The van der Waals surface area contributed by atoms with Crippen LogP contribution >= 0.6 is 0 Å². The Morgan fingerprint density at radius 2 is 2.29 bits per heavy atom. The van der Waals surface area contributed by atoms with E-state index in [4.69, 9.17) is 0 Å². The number of hydrogen-bond acceptors (Lipinski definition) is 1. The summed E-state index contributed by atoms with van der Waals surface area (Å²) in [6.45, 7) is 2.83. The van der Waals surface area contributed by atoms with Gasteiger partial charge in [-0.1, -0.05) is 6.07 Å². The molecule has 0 radical (unpaired) electrons. The predicted octanol–water partition coefficient (Wildman–Crippen LogP) is 3.23. The molecule has 0 saturated carbocycles. The van der Waals surface area contributed by atoms with E-state index in [1.165, 1.54) is 18.6 Å². The first-order chi connectivity index (χ1) is 8.16. The van der Waals surface area contributed by atoms with Crippen LogP contribution in [0.4, 0.5) is 14.9 Å². The van der Waals surface area contributed by atoms with E-state index in [0.717, 1.165) is 19.4 Å². The van der Waals surface area contributed by atoms with Crippen LogP contribution in [0.15, 0.2) is 24.3 Å². The minimum atomic E-state index is -0.338. The van der Waals surface area contributed by atoms with Crippen LogP contribution in [0.2, 0.25) is 0 Å². The number of piperidine rings is 1. The topological polar surface area (TPSA) is 32.3 Å². The van der Waals surface area contributed by atoms with Crippen molar-refractivity contribution in [3.05, 3.63) is 30.1 Å². The number of benzene rings is 1. The molecule has 0 spiro atoms. The molecule has 4 heteroatoms. The Hall–Kier alpha value is -1.58. The SMILES string of the molecule is C[C@H]1CCCCN1C(=O)Nc1cccc(F)c1. The second-order valence-corrected chi connectivity index (χ2v) is 4.48. The van der Waals surface area contributed by atoms with Crippen molar-refractivity contribution in [2.75, 3.05) is 11.9 Å². The van der Waals surface area contributed by atoms with Gasteiger partial charge in [-0.3, -0.25) is 0 Å². The molecule has 92 valence electrons. The van der Waals surface area contributed by atoms with E-state index in [2.05, 4.69) is 5.32 Å². The Labute approximate surface area is 101 Å². The van der Waals surface area contributed by atoms with Crippen molar-refractivity contribution in [2.24, 2.45) is 0 Å². The minimum Gasteiger partial charge on any atom is -0.322 e. The lowest BCUT2D eigenvalue weighted by Gasteiger charge is -2.33. The smallest absolute Gasteiger partial charge is 0.322 e. The van der Waals surface area contributed by atoms with E-state index in [0.29, 0.717) is 5.69 Å². The maximum absolute atomic E-state index is 13.0. The molecule has 3 nitrogen and oxygen atoms in total. The number of amides is 2. The number of halogens is 1. The van der Waals surface area contributed by atoms with Crippen molar-refractivity contribution in [1.82, 2.24) is 4.90 Å². The van der Waals surface area contributed by atoms with Crippen molar-refractivity contribution in [2.45, 2.75) is 32.2 Å². The van der Waals surface area contributed by atoms with E-state index >= 15 is 0 Å². The molecule has 1 atom stereocenters. The highest BCUT2D eigenvalue weighted by Crippen LogP contribution is 2.18. The molecule has 2 rings (SSSR count). The largest absolute Gasteiger partial charge is 0.322 e. The number of carbonyl (C=O) groups is 1. The number of anilines is 1. The van der Waals surface area contributed by atoms with Gasteiger partial charge in [0.05, 0.1) is 0 Å². The first-order valence-electron chi connectivity index (χ1n) is 6.00. The normalized spacial score (nSPS) is 20.1. The van der Waals surface area contributed by atoms with Crippen LogP contribution in [0.1, 0.15) is 26.2 Å². The third kappa shape index (κ3) is 2.96. The van der Waals surface area contributed by atoms with E-state index in [1.54, 1.807) is 12.1 Å². The molecule has 1 fully saturated rings. The van der Waals surface area contributed by atoms with Crippen molar-refractivity contribution >= 4 is 11.7 Å². The average Bonchev–Trinajstić information content (AvgIpc) is 2.29. The van der Waals surface area contributed by atoms with E-state index in [-0.39, 0.29) is 17.9 Å². The third-order valence-electron chi connectivity index (χ3n) is 3.14. The van der Waals surface area contributed by atoms with Crippen LogP contribution in [0, 0.1) is 5.82 Å². The Morgan fingerprint density at radius 1 is 1.47 bits per heavy atom. The van der Waals surface area contributed by atoms with Gasteiger partial charge in [0, 0.05) is 18.3 Å². The van der Waals surface area contributed by atoms with Crippen LogP contribution in [-0.4, -0.2) is 23.5 Å². The summed E-state index contributed by atoms with van der Waals surface area (Å²) in [5.41, 5.74) is 0.507. The molecule has 17 heavy (non-hydrogen) atoms. The van der Waals surface area contributed by atoms with Gasteiger partial charge in [-0.25, -0.2) is 9.18 Å². The molecule has 0 unspecified atom stereocenters. The van der Waals surface area contributed by atoms with Gasteiger partial charge in [0.2, 0.25) is 0 Å². The van der Waals surface area contributed by atoms with Crippen LogP contribution in [0.5, 0.6) is 0 Å². The summed E-state index contributed by atoms with van der Waals surface area (Å²) in [5, 5.41) is 2.73. The number of rotatable bonds is 1. The fourth-order valence-corrected chi connectivity index (χ4v) is 2.16. The van der Waals surface area contributed by atoms with Gasteiger partial charge in [-0.2, -0.15) is 0 Å². The molecule has 1 aliphatic rings. The minimum absolute atomic E-state index is 0.136. The molecule has 1 N–H and O–H groups in total. The molecule has 0 aliphatic carbocycles. The Balaban J connectivity index is 2.01. The predicted molar refractivity (Wildman–Crippen MR) is 65.4 cm³/mol. The highest BCUT2D eigenvalue weighted by Gasteiger charge is 2.22. The molecule has 0 bridgehead atoms. The van der Waals surface area contributed by atoms with Crippen molar-refractivity contribution in [3.8, 4) is 0 Å². The lowest BCUT2D eigenvalue weighted by Crippen LogP contribution is -2.44. The van der Waals surface area contributed by atoms with Crippen LogP contribution < -0.4 is 5.32 Å². The highest BCUT2D eigenvalue weighted by molar-refractivity contribution is 5.89. The summed E-state index contributed by atoms with van der Waals surface area (Å²) in [5.74, 6) is -0.338. The number of urea groups is 1. The van der Waals surface area contributed by atoms with Crippen molar-refractivity contribution in [3.63, 3.8) is 0 Å². The Bertz CT molecular complexity index is 408. The lowest BCUT2D eigenvalue weighted by atomic mass is 10.0. The molecule has 0 aromatic heterocycles. The van der Waals surface area contributed by atoms with Crippen LogP contribution in [-0.2, 0) is 0 Å². The first-order valence-corrected chi connectivity index (χ1v) is 6.00. The first kappa shape index (κ1) is 11.9. The standard InChI is InChI=1S/C13H17FN2O/c1-10-5-2-3-8-16(10)13(17)15-12-7-4-6-11(14)9-12/h4,6-7,9-10H,2-3,5,8H2,1H3,(H,15,17)/t10-/m0/s1. The van der Waals surface area contributed by atoms with Crippen LogP contribution in [0.3, 0.4) is 0 Å². The van der Waals surface area contributed by atoms with Gasteiger partial charge in [-0.05, 0) is 44.4 Å². The summed E-state index contributed by atoms with van der Waals surface area (Å²) in [6, 6.07) is 6.09. The zero-order valence-corrected chi connectivity index (χ0v) is 9.95. The average molecular weight is 236 g/mol. The maximum atomic E-state index is 13.0. The summed E-state index contributed by atoms with van der Waals surface area (Å²) >= 11 is 0. The molecular weight excluding hydrogens is 219 g/mol. The molecule has 2 amide bonds. The second kappa shape index (κ2) is 5.17. The molecule has 1 saturated heterocycles. The molecule has 1 heterocycles. The molecular formula is C13H17FN2O. The highest BCUT2D eigenvalue weighted by atomic mass is 19.1. The number of nitrogens with one attached hydrogen (secondary N) is 1. The maximum Gasteiger partial charge on any atom is 0.322 e. The summed E-state index contributed by atoms with van der Waals surface area (Å²) in [6.07, 6.45) is 3.25. The zero-order valence-electron chi connectivity index (χ0n) is 9.95. The number of likely N-dealkylation sites (tertiary alicyclic amines) is 1. The summed E-state index contributed by atoms with van der Waals surface area (Å²) in [7, 11) is 0. The van der Waals surface area contributed by atoms with Gasteiger partial charge < -0.3 is 10.2 Å². The second-order valence-electron chi connectivity index (χ2n) is 4.48. The number of hydrogen-bond donors (Lipinski definition) is 1. The Kier molecular flexibility index (Phi) is 3.61. The quantitative estimate of drug-likeness (QED) is 0.797. The monoisotopic (exact) mass is 236 g/mol. The third-order valence-corrected chi connectivity index (χ3v) is 3.14. The fourth-order valence-electron chi connectivity index (χ4n) is 2.16. The zero-order chi connectivity index (χ0) is 12.3. The van der Waals surface area contributed by atoms with E-state index in [1.807, 2.05) is 11.8 Å². The fraction of sp³-hybridized carbons (Fsp3) is 0.462. The van der Waals surface area contributed by atoms with Gasteiger partial charge in [-0.15, -0.1) is 0 Å². The van der Waals surface area contributed by atoms with Gasteiger partial charge in [0.25, 0.3) is 0 Å². The number of nitrogens with zero attached hydrogens (tertiary/aromatic N) is 1. The van der Waals surface area contributed by atoms with Crippen LogP contribution in [0.25, 0.3) is 0 Å². The van der Waals surface area contributed by atoms with Crippen molar-refractivity contribution < 1.29 is 9.18 Å². The van der Waals surface area contributed by atoms with E-state index in [9.17, 15) is 9.18 Å². The summed E-state index contributed by atoms with van der Waals surface area (Å²) in [4.78, 5) is 13.8. The van der Waals surface area contributed by atoms with E-state index < -0.39 is 0 Å². The molecule has 1 aliphatic heterocycles.